The van der Waals surface area contributed by atoms with Gasteiger partial charge >= 0.3 is 30.8 Å². The van der Waals surface area contributed by atoms with Crippen LogP contribution >= 0.6 is 7.92 Å². The van der Waals surface area contributed by atoms with E-state index in [1.54, 1.807) is 0 Å². The molecule has 1 aliphatic rings. The van der Waals surface area contributed by atoms with Crippen molar-refractivity contribution in [2.45, 2.75) is 19.1 Å². The van der Waals surface area contributed by atoms with Crippen LogP contribution in [0.15, 0.2) is 115 Å². The van der Waals surface area contributed by atoms with Crippen molar-refractivity contribution in [3.05, 3.63) is 128 Å². The molecule has 0 aromatic heterocycles. The molecule has 0 fully saturated rings. The van der Waals surface area contributed by atoms with Crippen molar-refractivity contribution >= 4 is 45.3 Å². The SMILES string of the molecule is CC(C)S(=O)[S-].[C-]#[O+].[CH]1C=CC=C1.[Ru+].c1ccc(P(c2ccccc2)c2ccccc2)cc1. The fourth-order valence-corrected chi connectivity index (χ4v) is 4.80. The fourth-order valence-electron chi connectivity index (χ4n) is 2.50. The van der Waals surface area contributed by atoms with Gasteiger partial charge in [-0.05, 0) is 23.8 Å². The second kappa shape index (κ2) is 19.9. The minimum absolute atomic E-state index is 0. The number of rotatable bonds is 4. The van der Waals surface area contributed by atoms with Gasteiger partial charge in [-0.2, -0.15) is 0 Å². The summed E-state index contributed by atoms with van der Waals surface area (Å²) in [5.41, 5.74) is 0. The molecule has 0 saturated carbocycles. The third kappa shape index (κ3) is 13.0. The Bertz CT molecular complexity index is 872. The molecule has 2 radical (unpaired) electrons. The van der Waals surface area contributed by atoms with Crippen LogP contribution in [0.2, 0.25) is 0 Å². The van der Waals surface area contributed by atoms with Crippen LogP contribution in [0.1, 0.15) is 13.8 Å². The summed E-state index contributed by atoms with van der Waals surface area (Å²) in [6.45, 7) is 8.17. The molecule has 172 valence electrons. The van der Waals surface area contributed by atoms with Gasteiger partial charge in [0, 0.05) is 11.7 Å². The maximum atomic E-state index is 10.1. The van der Waals surface area contributed by atoms with Crippen LogP contribution in [0, 0.1) is 13.1 Å². The van der Waals surface area contributed by atoms with E-state index in [9.17, 15) is 4.21 Å². The summed E-state index contributed by atoms with van der Waals surface area (Å²) >= 11 is 4.38. The van der Waals surface area contributed by atoms with Gasteiger partial charge < -0.3 is 11.7 Å². The average Bonchev–Trinajstić information content (AvgIpc) is 3.44. The normalized spacial score (nSPS) is 11.6. The zero-order valence-electron chi connectivity index (χ0n) is 18.6. The molecule has 0 spiro atoms. The van der Waals surface area contributed by atoms with Crippen LogP contribution in [-0.4, -0.2) is 9.46 Å². The fraction of sp³-hybridized carbons (Fsp3) is 0.111. The zero-order chi connectivity index (χ0) is 23.6. The minimum Gasteiger partial charge on any atom is -0.0767 e. The molecule has 6 heteroatoms. The average molecular weight is 580 g/mol. The van der Waals surface area contributed by atoms with Crippen molar-refractivity contribution in [2.75, 3.05) is 0 Å². The first-order valence-electron chi connectivity index (χ1n) is 10.00. The monoisotopic (exact) mass is 580 g/mol. The Balaban J connectivity index is 0.000000607. The van der Waals surface area contributed by atoms with Crippen LogP contribution in [0.4, 0.5) is 0 Å². The summed E-state index contributed by atoms with van der Waals surface area (Å²) in [5.74, 6) is 0. The molecule has 3 aromatic rings. The zero-order valence-corrected chi connectivity index (χ0v) is 22.8. The predicted octanol–water partition coefficient (Wildman–Crippen LogP) is 5.33. The maximum Gasteiger partial charge on any atom is 1.00 e. The molecule has 0 aliphatic heterocycles. The number of hydrogen-bond donors (Lipinski definition) is 0. The van der Waals surface area contributed by atoms with Crippen molar-refractivity contribution < 1.29 is 28.3 Å². The summed E-state index contributed by atoms with van der Waals surface area (Å²) in [5, 5.41) is 4.33. The van der Waals surface area contributed by atoms with Gasteiger partial charge in [-0.1, -0.05) is 129 Å². The molecule has 1 aliphatic carbocycles. The van der Waals surface area contributed by atoms with E-state index in [2.05, 4.69) is 109 Å². The van der Waals surface area contributed by atoms with Crippen LogP contribution in [0.5, 0.6) is 0 Å². The molecule has 1 unspecified atom stereocenters. The number of benzene rings is 3. The van der Waals surface area contributed by atoms with Crippen LogP contribution in [0.25, 0.3) is 0 Å². The maximum absolute atomic E-state index is 10.1. The molecular weight excluding hydrogens is 552 g/mol. The smallest absolute Gasteiger partial charge is 0.0767 e. The van der Waals surface area contributed by atoms with Crippen molar-refractivity contribution in [2.24, 2.45) is 0 Å². The first-order chi connectivity index (χ1) is 15.6. The molecule has 0 amide bonds. The van der Waals surface area contributed by atoms with E-state index in [0.717, 1.165) is 0 Å². The van der Waals surface area contributed by atoms with Gasteiger partial charge in [0.25, 0.3) is 0 Å². The summed E-state index contributed by atoms with van der Waals surface area (Å²) in [6, 6.07) is 32.3. The van der Waals surface area contributed by atoms with Crippen molar-refractivity contribution in [1.82, 2.24) is 0 Å². The minimum atomic E-state index is -1.03. The van der Waals surface area contributed by atoms with E-state index in [1.165, 1.54) is 15.9 Å². The third-order valence-electron chi connectivity index (χ3n) is 3.98. The topological polar surface area (TPSA) is 37.0 Å². The molecule has 0 heterocycles. The predicted molar refractivity (Wildman–Crippen MR) is 142 cm³/mol. The molecule has 3 aromatic carbocycles. The van der Waals surface area contributed by atoms with E-state index < -0.39 is 17.8 Å². The van der Waals surface area contributed by atoms with E-state index in [1.807, 2.05) is 44.6 Å². The summed E-state index contributed by atoms with van der Waals surface area (Å²) in [6.07, 6.45) is 10.0. The first-order valence-corrected chi connectivity index (χ1v) is 13.5. The Hall–Kier alpha value is -1.57. The Morgan fingerprint density at radius 3 is 1.15 bits per heavy atom. The van der Waals surface area contributed by atoms with E-state index >= 15 is 0 Å². The Morgan fingerprint density at radius 1 is 0.697 bits per heavy atom. The number of allylic oxidation sites excluding steroid dienone is 4. The van der Waals surface area contributed by atoms with E-state index in [4.69, 9.17) is 4.65 Å². The molecular formula is C27H27O2PRuS2. The van der Waals surface area contributed by atoms with Crippen molar-refractivity contribution in [3.8, 4) is 0 Å². The molecule has 2 nitrogen and oxygen atoms in total. The molecule has 4 rings (SSSR count). The Kier molecular flexibility index (Phi) is 18.9. The number of hydrogen-bond acceptors (Lipinski definition) is 2. The van der Waals surface area contributed by atoms with Gasteiger partial charge in [0.2, 0.25) is 0 Å². The third-order valence-corrected chi connectivity index (χ3v) is 8.35. The second-order valence-electron chi connectivity index (χ2n) is 6.61. The van der Waals surface area contributed by atoms with Gasteiger partial charge in [-0.25, -0.2) is 0 Å². The van der Waals surface area contributed by atoms with Gasteiger partial charge in [0.1, 0.15) is 0 Å². The van der Waals surface area contributed by atoms with E-state index in [-0.39, 0.29) is 24.7 Å². The summed E-state index contributed by atoms with van der Waals surface area (Å²) < 4.78 is 17.6. The van der Waals surface area contributed by atoms with Crippen LogP contribution in [-0.2, 0) is 45.6 Å². The molecule has 0 saturated heterocycles. The van der Waals surface area contributed by atoms with Crippen LogP contribution in [0.3, 0.4) is 0 Å². The van der Waals surface area contributed by atoms with Crippen molar-refractivity contribution in [3.63, 3.8) is 0 Å². The Morgan fingerprint density at radius 2 is 0.970 bits per heavy atom. The molecule has 0 bridgehead atoms. The molecule has 33 heavy (non-hydrogen) atoms. The van der Waals surface area contributed by atoms with Crippen molar-refractivity contribution in [1.29, 1.82) is 0 Å². The van der Waals surface area contributed by atoms with E-state index in [0.29, 0.717) is 0 Å². The standard InChI is InChI=1S/C18H15P.C5H5.C3H8OS2.CO.Ru/c1-4-10-16(11-5-1)19(17-12-6-2-7-13-17)18-14-8-3-9-15-18;1-2-4-5-3-1;1-3(2)6(4)5;1-2;/h1-15H;1-5H;3H,1-2H3,(H,4,5);;/q;;;;+1/p-1. The molecule has 1 atom stereocenters. The first kappa shape index (κ1) is 31.4. The van der Waals surface area contributed by atoms with Gasteiger partial charge in [0.05, 0.1) is 0 Å². The quantitative estimate of drug-likeness (QED) is 0.105. The largest absolute Gasteiger partial charge is 1.00 e. The summed E-state index contributed by atoms with van der Waals surface area (Å²) in [4.78, 5) is 0. The van der Waals surface area contributed by atoms with Gasteiger partial charge in [0.15, 0.2) is 0 Å². The summed E-state index contributed by atoms with van der Waals surface area (Å²) in [7, 11) is -1.48. The van der Waals surface area contributed by atoms with Gasteiger partial charge in [-0.15, -0.1) is 9.83 Å². The molecule has 0 N–H and O–H groups in total. The Labute approximate surface area is 220 Å². The second-order valence-corrected chi connectivity index (χ2v) is 11.3. The van der Waals surface area contributed by atoms with Crippen LogP contribution < -0.4 is 15.9 Å². The van der Waals surface area contributed by atoms with Gasteiger partial charge in [-0.3, -0.25) is 4.21 Å².